The van der Waals surface area contributed by atoms with Crippen molar-refractivity contribution in [1.29, 1.82) is 0 Å². The second kappa shape index (κ2) is 8.96. The number of halogens is 1. The third kappa shape index (κ3) is 3.95. The predicted octanol–water partition coefficient (Wildman–Crippen LogP) is 3.11. The molecule has 1 aromatic heterocycles. The van der Waals surface area contributed by atoms with Gasteiger partial charge in [-0.25, -0.2) is 4.39 Å². The summed E-state index contributed by atoms with van der Waals surface area (Å²) in [5.41, 5.74) is -0.0451. The van der Waals surface area contributed by atoms with Crippen molar-refractivity contribution >= 4 is 22.6 Å². The molecular weight excluding hydrogens is 445 g/mol. The van der Waals surface area contributed by atoms with Crippen LogP contribution in [0.5, 0.6) is 0 Å². The first-order valence-corrected chi connectivity index (χ1v) is 11.1. The van der Waals surface area contributed by atoms with Crippen molar-refractivity contribution in [3.05, 3.63) is 85.5 Å². The topological polar surface area (TPSA) is 106 Å². The summed E-state index contributed by atoms with van der Waals surface area (Å²) >= 11 is 0. The maximum atomic E-state index is 13.9. The quantitative estimate of drug-likeness (QED) is 0.405. The van der Waals surface area contributed by atoms with Gasteiger partial charge in [-0.15, -0.1) is 0 Å². The van der Waals surface area contributed by atoms with Crippen LogP contribution < -0.4 is 5.43 Å². The molecule has 1 atom stereocenters. The van der Waals surface area contributed by atoms with Crippen LogP contribution in [-0.4, -0.2) is 60.0 Å². The van der Waals surface area contributed by atoms with Crippen molar-refractivity contribution in [2.24, 2.45) is 0 Å². The zero-order valence-corrected chi connectivity index (χ0v) is 18.2. The first kappa shape index (κ1) is 22.2. The molecule has 5 rings (SSSR count). The van der Waals surface area contributed by atoms with Crippen LogP contribution in [-0.2, 0) is 4.74 Å². The summed E-state index contributed by atoms with van der Waals surface area (Å²) in [5.74, 6) is -1.16. The van der Waals surface area contributed by atoms with Crippen molar-refractivity contribution in [3.63, 3.8) is 0 Å². The summed E-state index contributed by atoms with van der Waals surface area (Å²) in [6, 6.07) is 8.57. The number of hydrogen-bond acceptors (Lipinski definition) is 7. The maximum Gasteiger partial charge on any atom is 0.290 e. The molecule has 9 nitrogen and oxygen atoms in total. The summed E-state index contributed by atoms with van der Waals surface area (Å²) in [7, 11) is 0. The predicted molar refractivity (Wildman–Crippen MR) is 120 cm³/mol. The fourth-order valence-corrected chi connectivity index (χ4v) is 4.67. The molecule has 3 heterocycles. The van der Waals surface area contributed by atoms with Gasteiger partial charge in [0.15, 0.2) is 5.43 Å². The fourth-order valence-electron chi connectivity index (χ4n) is 4.67. The van der Waals surface area contributed by atoms with Gasteiger partial charge in [-0.05, 0) is 30.2 Å². The highest BCUT2D eigenvalue weighted by Crippen LogP contribution is 2.39. The number of carbonyl (C=O) groups is 1. The highest BCUT2D eigenvalue weighted by molar-refractivity contribution is 5.99. The van der Waals surface area contributed by atoms with Gasteiger partial charge < -0.3 is 14.1 Å². The third-order valence-corrected chi connectivity index (χ3v) is 6.30. The standard InChI is InChI=1S/C24H22FN3O6/c25-16-5-6-19-18(14-16)22(29)20-21(15-3-1-4-17(13-15)28(31)32)27(24(30)23(20)34-19)8-2-7-26-9-11-33-12-10-26/h1,3-6,13-14,21H,2,7-12H2/t21-/m1/s1. The lowest BCUT2D eigenvalue weighted by Gasteiger charge is -2.29. The first-order valence-electron chi connectivity index (χ1n) is 11.1. The monoisotopic (exact) mass is 467 g/mol. The molecule has 1 saturated heterocycles. The van der Waals surface area contributed by atoms with Crippen LogP contribution in [0, 0.1) is 15.9 Å². The molecule has 34 heavy (non-hydrogen) atoms. The molecule has 2 aliphatic rings. The number of nitro benzene ring substituents is 1. The summed E-state index contributed by atoms with van der Waals surface area (Å²) in [5, 5.41) is 11.4. The van der Waals surface area contributed by atoms with Crippen LogP contribution in [0.4, 0.5) is 10.1 Å². The van der Waals surface area contributed by atoms with Crippen molar-refractivity contribution in [1.82, 2.24) is 9.80 Å². The van der Waals surface area contributed by atoms with Crippen molar-refractivity contribution in [3.8, 4) is 0 Å². The minimum atomic E-state index is -0.865. The molecule has 0 radical (unpaired) electrons. The van der Waals surface area contributed by atoms with Gasteiger partial charge in [-0.2, -0.15) is 0 Å². The Morgan fingerprint density at radius 3 is 2.65 bits per heavy atom. The van der Waals surface area contributed by atoms with Gasteiger partial charge in [-0.3, -0.25) is 24.6 Å². The summed E-state index contributed by atoms with van der Waals surface area (Å²) < 4.78 is 25.0. The van der Waals surface area contributed by atoms with E-state index >= 15 is 0 Å². The second-order valence-corrected chi connectivity index (χ2v) is 8.38. The maximum absolute atomic E-state index is 13.9. The number of non-ortho nitro benzene ring substituents is 1. The van der Waals surface area contributed by atoms with Crippen LogP contribution in [0.25, 0.3) is 11.0 Å². The van der Waals surface area contributed by atoms with Gasteiger partial charge in [0.1, 0.15) is 11.4 Å². The number of rotatable bonds is 6. The number of hydrogen-bond donors (Lipinski definition) is 0. The van der Waals surface area contributed by atoms with Crippen molar-refractivity contribution in [2.45, 2.75) is 12.5 Å². The normalized spacial score (nSPS) is 18.4. The van der Waals surface area contributed by atoms with E-state index < -0.39 is 28.1 Å². The van der Waals surface area contributed by atoms with Crippen LogP contribution in [0.15, 0.2) is 51.7 Å². The number of carbonyl (C=O) groups excluding carboxylic acids is 1. The van der Waals surface area contributed by atoms with E-state index in [1.807, 2.05) is 0 Å². The van der Waals surface area contributed by atoms with E-state index in [2.05, 4.69) is 4.90 Å². The Morgan fingerprint density at radius 2 is 1.88 bits per heavy atom. The van der Waals surface area contributed by atoms with E-state index in [0.29, 0.717) is 31.7 Å². The SMILES string of the molecule is O=C1c2oc3ccc(F)cc3c(=O)c2[C@@H](c2cccc([N+](=O)[O-])c2)N1CCCN1CCOCC1. The summed E-state index contributed by atoms with van der Waals surface area (Å²) in [4.78, 5) is 41.4. The number of fused-ring (bicyclic) bond motifs is 2. The molecule has 0 spiro atoms. The molecule has 0 unspecified atom stereocenters. The third-order valence-electron chi connectivity index (χ3n) is 6.30. The lowest BCUT2D eigenvalue weighted by atomic mass is 9.98. The van der Waals surface area contributed by atoms with Crippen LogP contribution in [0.3, 0.4) is 0 Å². The molecule has 2 aliphatic heterocycles. The van der Waals surface area contributed by atoms with Crippen LogP contribution in [0.2, 0.25) is 0 Å². The van der Waals surface area contributed by atoms with Gasteiger partial charge in [0.25, 0.3) is 11.6 Å². The zero-order chi connectivity index (χ0) is 23.8. The molecule has 1 fully saturated rings. The van der Waals surface area contributed by atoms with E-state index in [1.54, 1.807) is 6.07 Å². The smallest absolute Gasteiger partial charge is 0.290 e. The Balaban J connectivity index is 1.56. The van der Waals surface area contributed by atoms with E-state index in [-0.39, 0.29) is 28.0 Å². The largest absolute Gasteiger partial charge is 0.450 e. The van der Waals surface area contributed by atoms with Crippen LogP contribution >= 0.6 is 0 Å². The molecule has 1 amide bonds. The first-order chi connectivity index (χ1) is 16.4. The number of morpholine rings is 1. The Morgan fingerprint density at radius 1 is 1.09 bits per heavy atom. The Hall–Kier alpha value is -3.63. The molecule has 0 aliphatic carbocycles. The molecular formula is C24H22FN3O6. The van der Waals surface area contributed by atoms with Crippen LogP contribution in [0.1, 0.15) is 34.1 Å². The number of benzene rings is 2. The molecule has 0 N–H and O–H groups in total. The highest BCUT2D eigenvalue weighted by Gasteiger charge is 2.42. The zero-order valence-electron chi connectivity index (χ0n) is 18.2. The molecule has 2 aromatic carbocycles. The lowest BCUT2D eigenvalue weighted by Crippen LogP contribution is -2.38. The molecule has 176 valence electrons. The number of nitrogens with zero attached hydrogens (tertiary/aromatic N) is 3. The molecule has 3 aromatic rings. The lowest BCUT2D eigenvalue weighted by molar-refractivity contribution is -0.384. The minimum Gasteiger partial charge on any atom is -0.450 e. The van der Waals surface area contributed by atoms with Gasteiger partial charge in [0, 0.05) is 38.3 Å². The summed E-state index contributed by atoms with van der Waals surface area (Å²) in [6.07, 6.45) is 0.632. The van der Waals surface area contributed by atoms with E-state index in [1.165, 1.54) is 29.2 Å². The molecule has 0 saturated carbocycles. The highest BCUT2D eigenvalue weighted by atomic mass is 19.1. The van der Waals surface area contributed by atoms with Gasteiger partial charge in [0.05, 0.1) is 35.1 Å². The minimum absolute atomic E-state index is 0.0251. The molecule has 10 heteroatoms. The Bertz CT molecular complexity index is 1330. The van der Waals surface area contributed by atoms with E-state index in [0.717, 1.165) is 31.8 Å². The van der Waals surface area contributed by atoms with E-state index in [4.69, 9.17) is 9.15 Å². The van der Waals surface area contributed by atoms with E-state index in [9.17, 15) is 24.1 Å². The van der Waals surface area contributed by atoms with Crippen molar-refractivity contribution < 1.29 is 23.3 Å². The van der Waals surface area contributed by atoms with Crippen molar-refractivity contribution in [2.75, 3.05) is 39.4 Å². The summed E-state index contributed by atoms with van der Waals surface area (Å²) in [6.45, 7) is 3.98. The Kier molecular flexibility index (Phi) is 5.84. The Labute approximate surface area is 193 Å². The van der Waals surface area contributed by atoms with Gasteiger partial charge >= 0.3 is 0 Å². The fraction of sp³-hybridized carbons (Fsp3) is 0.333. The average Bonchev–Trinajstić information content (AvgIpc) is 3.12. The number of nitro groups is 1. The van der Waals surface area contributed by atoms with Gasteiger partial charge in [0.2, 0.25) is 5.76 Å². The second-order valence-electron chi connectivity index (χ2n) is 8.38. The number of ether oxygens (including phenoxy) is 1. The number of amides is 1. The molecule has 0 bridgehead atoms. The van der Waals surface area contributed by atoms with Gasteiger partial charge in [-0.1, -0.05) is 12.1 Å². The average molecular weight is 467 g/mol.